The molecule has 0 saturated heterocycles. The van der Waals surface area contributed by atoms with E-state index in [1.165, 1.54) is 0 Å². The summed E-state index contributed by atoms with van der Waals surface area (Å²) in [4.78, 5) is 0. The lowest BCUT2D eigenvalue weighted by Gasteiger charge is -2.09. The van der Waals surface area contributed by atoms with Crippen molar-refractivity contribution in [2.45, 2.75) is 20.3 Å². The highest BCUT2D eigenvalue weighted by Gasteiger charge is 2.15. The van der Waals surface area contributed by atoms with Crippen LogP contribution in [0.25, 0.3) is 5.69 Å². The van der Waals surface area contributed by atoms with Crippen LogP contribution < -0.4 is 5.73 Å². The summed E-state index contributed by atoms with van der Waals surface area (Å²) in [7, 11) is 0. The highest BCUT2D eigenvalue weighted by Crippen LogP contribution is 2.27. The molecule has 0 fully saturated rings. The fraction of sp³-hybridized carbons (Fsp3) is 0.200. The zero-order valence-corrected chi connectivity index (χ0v) is 10.9. The SMILES string of the molecule is Cc1c(C#N)c(N)n(-c2ccc(CC#N)cc2)c1C. The molecule has 0 aliphatic rings. The summed E-state index contributed by atoms with van der Waals surface area (Å²) in [5.41, 5.74) is 10.3. The van der Waals surface area contributed by atoms with Crippen molar-refractivity contribution in [2.75, 3.05) is 5.73 Å². The second-order valence-electron chi connectivity index (χ2n) is 4.42. The molecule has 1 aromatic heterocycles. The average Bonchev–Trinajstić information content (AvgIpc) is 2.62. The summed E-state index contributed by atoms with van der Waals surface area (Å²) >= 11 is 0. The number of nitrogens with two attached hydrogens (primary N) is 1. The van der Waals surface area contributed by atoms with Crippen LogP contribution in [-0.4, -0.2) is 4.57 Å². The maximum atomic E-state index is 9.12. The molecular formula is C15H14N4. The Labute approximate surface area is 112 Å². The molecule has 94 valence electrons. The number of nitrogen functional groups attached to an aromatic ring is 1. The number of benzene rings is 1. The first-order valence-electron chi connectivity index (χ1n) is 5.94. The van der Waals surface area contributed by atoms with Gasteiger partial charge in [0, 0.05) is 11.4 Å². The van der Waals surface area contributed by atoms with E-state index in [-0.39, 0.29) is 0 Å². The lowest BCUT2D eigenvalue weighted by Crippen LogP contribution is -2.02. The molecule has 2 N–H and O–H groups in total. The second kappa shape index (κ2) is 4.88. The van der Waals surface area contributed by atoms with Crippen molar-refractivity contribution in [1.82, 2.24) is 4.57 Å². The van der Waals surface area contributed by atoms with E-state index in [9.17, 15) is 0 Å². The van der Waals surface area contributed by atoms with Gasteiger partial charge in [-0.3, -0.25) is 4.57 Å². The van der Waals surface area contributed by atoms with Crippen LogP contribution in [0.1, 0.15) is 22.4 Å². The van der Waals surface area contributed by atoms with Crippen molar-refractivity contribution in [3.8, 4) is 17.8 Å². The van der Waals surface area contributed by atoms with Gasteiger partial charge in [0.05, 0.1) is 18.1 Å². The third-order valence-electron chi connectivity index (χ3n) is 3.34. The number of anilines is 1. The van der Waals surface area contributed by atoms with Crippen molar-refractivity contribution in [3.63, 3.8) is 0 Å². The Balaban J connectivity index is 2.54. The number of nitriles is 2. The van der Waals surface area contributed by atoms with Crippen molar-refractivity contribution in [1.29, 1.82) is 10.5 Å². The minimum Gasteiger partial charge on any atom is -0.384 e. The van der Waals surface area contributed by atoms with Crippen LogP contribution in [0, 0.1) is 36.5 Å². The van der Waals surface area contributed by atoms with Crippen molar-refractivity contribution in [2.24, 2.45) is 0 Å². The molecule has 0 aliphatic heterocycles. The summed E-state index contributed by atoms with van der Waals surface area (Å²) in [6.45, 7) is 3.83. The van der Waals surface area contributed by atoms with Crippen LogP contribution in [-0.2, 0) is 6.42 Å². The molecule has 2 aromatic rings. The van der Waals surface area contributed by atoms with E-state index in [2.05, 4.69) is 12.1 Å². The minimum atomic E-state index is 0.392. The third-order valence-corrected chi connectivity index (χ3v) is 3.34. The quantitative estimate of drug-likeness (QED) is 0.889. The van der Waals surface area contributed by atoms with Crippen LogP contribution in [0.4, 0.5) is 5.82 Å². The molecule has 1 heterocycles. The van der Waals surface area contributed by atoms with Gasteiger partial charge in [0.1, 0.15) is 11.9 Å². The van der Waals surface area contributed by atoms with Crippen LogP contribution in [0.2, 0.25) is 0 Å². The lowest BCUT2D eigenvalue weighted by molar-refractivity contribution is 1.01. The second-order valence-corrected chi connectivity index (χ2v) is 4.42. The summed E-state index contributed by atoms with van der Waals surface area (Å²) in [6.07, 6.45) is 0.392. The van der Waals surface area contributed by atoms with E-state index < -0.39 is 0 Å². The maximum absolute atomic E-state index is 9.12. The zero-order valence-electron chi connectivity index (χ0n) is 10.9. The Morgan fingerprint density at radius 2 is 1.79 bits per heavy atom. The molecule has 4 nitrogen and oxygen atoms in total. The summed E-state index contributed by atoms with van der Waals surface area (Å²) in [5, 5.41) is 17.8. The predicted molar refractivity (Wildman–Crippen MR) is 73.7 cm³/mol. The Bertz CT molecular complexity index is 694. The van der Waals surface area contributed by atoms with E-state index in [0.29, 0.717) is 17.8 Å². The molecule has 0 unspecified atom stereocenters. The van der Waals surface area contributed by atoms with Gasteiger partial charge in [-0.05, 0) is 37.1 Å². The van der Waals surface area contributed by atoms with Gasteiger partial charge in [-0.25, -0.2) is 0 Å². The molecule has 0 amide bonds. The van der Waals surface area contributed by atoms with Crippen LogP contribution in [0.15, 0.2) is 24.3 Å². The summed E-state index contributed by atoms with van der Waals surface area (Å²) in [6, 6.07) is 11.9. The van der Waals surface area contributed by atoms with E-state index in [0.717, 1.165) is 22.5 Å². The van der Waals surface area contributed by atoms with E-state index in [1.54, 1.807) is 0 Å². The fourth-order valence-corrected chi connectivity index (χ4v) is 2.16. The highest BCUT2D eigenvalue weighted by atomic mass is 15.1. The monoisotopic (exact) mass is 250 g/mol. The minimum absolute atomic E-state index is 0.392. The first-order valence-corrected chi connectivity index (χ1v) is 5.94. The molecule has 0 aliphatic carbocycles. The molecule has 0 radical (unpaired) electrons. The highest BCUT2D eigenvalue weighted by molar-refractivity contribution is 5.62. The normalized spacial score (nSPS) is 9.89. The molecule has 19 heavy (non-hydrogen) atoms. The van der Waals surface area contributed by atoms with E-state index >= 15 is 0 Å². The van der Waals surface area contributed by atoms with Gasteiger partial charge in [0.2, 0.25) is 0 Å². The Morgan fingerprint density at radius 1 is 1.16 bits per heavy atom. The van der Waals surface area contributed by atoms with Crippen molar-refractivity contribution < 1.29 is 0 Å². The summed E-state index contributed by atoms with van der Waals surface area (Å²) < 4.78 is 1.87. The fourth-order valence-electron chi connectivity index (χ4n) is 2.16. The van der Waals surface area contributed by atoms with Gasteiger partial charge >= 0.3 is 0 Å². The van der Waals surface area contributed by atoms with Crippen LogP contribution >= 0.6 is 0 Å². The maximum Gasteiger partial charge on any atom is 0.126 e. The van der Waals surface area contributed by atoms with Gasteiger partial charge in [-0.1, -0.05) is 12.1 Å². The Kier molecular flexibility index (Phi) is 3.27. The van der Waals surface area contributed by atoms with Gasteiger partial charge < -0.3 is 5.73 Å². The standard InChI is InChI=1S/C15H14N4/c1-10-11(2)19(15(18)14(10)9-17)13-5-3-12(4-6-13)7-8-16/h3-6H,7,18H2,1-2H3. The summed E-state index contributed by atoms with van der Waals surface area (Å²) in [5.74, 6) is 0.463. The molecule has 0 saturated carbocycles. The van der Waals surface area contributed by atoms with E-state index in [1.807, 2.05) is 42.7 Å². The molecule has 0 spiro atoms. The Morgan fingerprint density at radius 3 is 2.26 bits per heavy atom. The van der Waals surface area contributed by atoms with Gasteiger partial charge in [-0.15, -0.1) is 0 Å². The largest absolute Gasteiger partial charge is 0.384 e. The smallest absolute Gasteiger partial charge is 0.126 e. The average molecular weight is 250 g/mol. The third kappa shape index (κ3) is 2.05. The van der Waals surface area contributed by atoms with Gasteiger partial charge in [0.15, 0.2) is 0 Å². The number of nitrogens with zero attached hydrogens (tertiary/aromatic N) is 3. The van der Waals surface area contributed by atoms with Gasteiger partial charge in [-0.2, -0.15) is 10.5 Å². The van der Waals surface area contributed by atoms with Gasteiger partial charge in [0.25, 0.3) is 0 Å². The zero-order chi connectivity index (χ0) is 14.0. The van der Waals surface area contributed by atoms with Crippen LogP contribution in [0.3, 0.4) is 0 Å². The topological polar surface area (TPSA) is 78.5 Å². The molecule has 4 heteroatoms. The molecule has 0 bridgehead atoms. The molecular weight excluding hydrogens is 236 g/mol. The van der Waals surface area contributed by atoms with Crippen molar-refractivity contribution >= 4 is 5.82 Å². The lowest BCUT2D eigenvalue weighted by atomic mass is 10.1. The number of hydrogen-bond donors (Lipinski definition) is 1. The molecule has 0 atom stereocenters. The number of hydrogen-bond acceptors (Lipinski definition) is 3. The number of aromatic nitrogens is 1. The first-order chi connectivity index (χ1) is 9.10. The van der Waals surface area contributed by atoms with Crippen LogP contribution in [0.5, 0.6) is 0 Å². The number of rotatable bonds is 2. The van der Waals surface area contributed by atoms with Crippen molar-refractivity contribution in [3.05, 3.63) is 46.6 Å². The molecule has 2 rings (SSSR count). The van der Waals surface area contributed by atoms with E-state index in [4.69, 9.17) is 16.3 Å². The Hall–Kier alpha value is -2.72. The molecule has 1 aromatic carbocycles. The predicted octanol–water partition coefficient (Wildman–Crippen LogP) is 2.61. The first kappa shape index (κ1) is 12.7.